The van der Waals surface area contributed by atoms with Crippen LogP contribution in [0.25, 0.3) is 0 Å². The molecule has 1 fully saturated rings. The Hall–Kier alpha value is -0.773. The third-order valence-corrected chi connectivity index (χ3v) is 9.67. The standard InChI is InChI=1S/C15H25NOSi/c1-6-14(5,15(13-16)11-10-12-15)17-18(7-2,8-3)9-4/h1H,7-12H2,2-5H3/t14-/m0/s1. The lowest BCUT2D eigenvalue weighted by Gasteiger charge is -2.50. The maximum atomic E-state index is 9.51. The number of rotatable bonds is 6. The van der Waals surface area contributed by atoms with Gasteiger partial charge in [-0.25, -0.2) is 0 Å². The molecule has 1 saturated carbocycles. The molecular formula is C15H25NOSi. The van der Waals surface area contributed by atoms with Gasteiger partial charge in [0.05, 0.1) is 11.5 Å². The molecule has 100 valence electrons. The Kier molecular flexibility index (Phi) is 4.64. The van der Waals surface area contributed by atoms with E-state index in [4.69, 9.17) is 10.8 Å². The van der Waals surface area contributed by atoms with Crippen LogP contribution in [0.15, 0.2) is 0 Å². The predicted octanol–water partition coefficient (Wildman–Crippen LogP) is 4.09. The third-order valence-electron chi connectivity index (χ3n) is 4.96. The highest BCUT2D eigenvalue weighted by Crippen LogP contribution is 2.51. The Bertz CT molecular complexity index is 363. The fourth-order valence-corrected chi connectivity index (χ4v) is 5.94. The van der Waals surface area contributed by atoms with E-state index in [1.165, 1.54) is 0 Å². The van der Waals surface area contributed by atoms with Gasteiger partial charge >= 0.3 is 0 Å². The summed E-state index contributed by atoms with van der Waals surface area (Å²) in [5, 5.41) is 9.51. The van der Waals surface area contributed by atoms with Crippen molar-refractivity contribution >= 4 is 8.32 Å². The lowest BCUT2D eigenvalue weighted by atomic mass is 9.60. The zero-order valence-electron chi connectivity index (χ0n) is 12.2. The molecule has 0 aromatic heterocycles. The van der Waals surface area contributed by atoms with Crippen LogP contribution in [-0.4, -0.2) is 13.9 Å². The maximum absolute atomic E-state index is 9.51. The van der Waals surface area contributed by atoms with Crippen molar-refractivity contribution in [2.75, 3.05) is 0 Å². The van der Waals surface area contributed by atoms with Gasteiger partial charge in [-0.1, -0.05) is 26.7 Å². The molecule has 0 unspecified atom stereocenters. The molecule has 0 aromatic carbocycles. The van der Waals surface area contributed by atoms with Crippen molar-refractivity contribution in [2.24, 2.45) is 5.41 Å². The molecular weight excluding hydrogens is 238 g/mol. The Morgan fingerprint density at radius 1 is 1.28 bits per heavy atom. The van der Waals surface area contributed by atoms with Gasteiger partial charge in [-0.15, -0.1) is 6.42 Å². The first-order chi connectivity index (χ1) is 8.47. The van der Waals surface area contributed by atoms with Crippen molar-refractivity contribution in [3.63, 3.8) is 0 Å². The maximum Gasteiger partial charge on any atom is 0.194 e. The second kappa shape index (κ2) is 5.47. The Labute approximate surface area is 113 Å². The van der Waals surface area contributed by atoms with Gasteiger partial charge in [-0.2, -0.15) is 5.26 Å². The average Bonchev–Trinajstić information content (AvgIpc) is 2.35. The van der Waals surface area contributed by atoms with Gasteiger partial charge in [0.1, 0.15) is 5.60 Å². The normalized spacial score (nSPS) is 21.2. The first-order valence-electron chi connectivity index (χ1n) is 7.06. The summed E-state index contributed by atoms with van der Waals surface area (Å²) in [6, 6.07) is 5.66. The number of nitriles is 1. The molecule has 0 aromatic rings. The van der Waals surface area contributed by atoms with Crippen molar-refractivity contribution in [1.82, 2.24) is 0 Å². The SMILES string of the molecule is C#C[C@](C)(O[Si](CC)(CC)CC)C1(C#N)CCC1. The number of hydrogen-bond acceptors (Lipinski definition) is 2. The predicted molar refractivity (Wildman–Crippen MR) is 77.4 cm³/mol. The van der Waals surface area contributed by atoms with Crippen LogP contribution in [0.4, 0.5) is 0 Å². The van der Waals surface area contributed by atoms with Crippen molar-refractivity contribution in [2.45, 2.75) is 70.7 Å². The summed E-state index contributed by atoms with van der Waals surface area (Å²) in [5.41, 5.74) is -1.15. The smallest absolute Gasteiger partial charge is 0.194 e. The van der Waals surface area contributed by atoms with Crippen molar-refractivity contribution in [3.8, 4) is 18.4 Å². The summed E-state index contributed by atoms with van der Waals surface area (Å²) < 4.78 is 6.50. The Morgan fingerprint density at radius 3 is 2.00 bits per heavy atom. The van der Waals surface area contributed by atoms with E-state index < -0.39 is 19.3 Å². The van der Waals surface area contributed by atoms with Gasteiger partial charge in [0.2, 0.25) is 0 Å². The van der Waals surface area contributed by atoms with Gasteiger partial charge in [0.25, 0.3) is 0 Å². The topological polar surface area (TPSA) is 33.0 Å². The Balaban J connectivity index is 3.04. The molecule has 0 saturated heterocycles. The van der Waals surface area contributed by atoms with Crippen LogP contribution in [0.3, 0.4) is 0 Å². The summed E-state index contributed by atoms with van der Waals surface area (Å²) in [6.45, 7) is 8.53. The van der Waals surface area contributed by atoms with Gasteiger partial charge in [-0.05, 0) is 44.3 Å². The molecule has 18 heavy (non-hydrogen) atoms. The van der Waals surface area contributed by atoms with Gasteiger partial charge in [-0.3, -0.25) is 0 Å². The minimum absolute atomic E-state index is 0.445. The summed E-state index contributed by atoms with van der Waals surface area (Å²) in [4.78, 5) is 0. The van der Waals surface area contributed by atoms with Gasteiger partial charge < -0.3 is 4.43 Å². The molecule has 1 aliphatic carbocycles. The largest absolute Gasteiger partial charge is 0.400 e. The zero-order chi connectivity index (χ0) is 13.9. The summed E-state index contributed by atoms with van der Waals surface area (Å²) in [7, 11) is -1.78. The van der Waals surface area contributed by atoms with Crippen LogP contribution in [0, 0.1) is 29.1 Å². The van der Waals surface area contributed by atoms with Crippen LogP contribution in [0.1, 0.15) is 47.0 Å². The first-order valence-corrected chi connectivity index (χ1v) is 9.59. The molecule has 0 heterocycles. The molecule has 0 amide bonds. The number of hydrogen-bond donors (Lipinski definition) is 0. The van der Waals surface area contributed by atoms with Gasteiger partial charge in [0, 0.05) is 0 Å². The third kappa shape index (κ3) is 2.22. The van der Waals surface area contributed by atoms with Crippen LogP contribution >= 0.6 is 0 Å². The van der Waals surface area contributed by atoms with Crippen LogP contribution in [0.2, 0.25) is 18.1 Å². The van der Waals surface area contributed by atoms with E-state index >= 15 is 0 Å². The van der Waals surface area contributed by atoms with Gasteiger partial charge in [0.15, 0.2) is 8.32 Å². The molecule has 0 bridgehead atoms. The molecule has 0 aliphatic heterocycles. The minimum atomic E-state index is -1.78. The minimum Gasteiger partial charge on any atom is -0.400 e. The van der Waals surface area contributed by atoms with E-state index in [1.54, 1.807) is 0 Å². The molecule has 2 nitrogen and oxygen atoms in total. The summed E-state index contributed by atoms with van der Waals surface area (Å²) in [6.07, 6.45) is 8.60. The first kappa shape index (κ1) is 15.3. The molecule has 0 N–H and O–H groups in total. The lowest BCUT2D eigenvalue weighted by molar-refractivity contribution is -0.0217. The number of terminal acetylenes is 1. The highest BCUT2D eigenvalue weighted by Gasteiger charge is 2.55. The fraction of sp³-hybridized carbons (Fsp3) is 0.800. The van der Waals surface area contributed by atoms with Crippen LogP contribution < -0.4 is 0 Å². The van der Waals surface area contributed by atoms with E-state index in [9.17, 15) is 5.26 Å². The summed E-state index contributed by atoms with van der Waals surface area (Å²) >= 11 is 0. The molecule has 0 spiro atoms. The van der Waals surface area contributed by atoms with E-state index in [0.29, 0.717) is 0 Å². The summed E-state index contributed by atoms with van der Waals surface area (Å²) in [5.74, 6) is 2.82. The zero-order valence-corrected chi connectivity index (χ0v) is 13.2. The second-order valence-electron chi connectivity index (χ2n) is 5.57. The molecule has 1 atom stereocenters. The van der Waals surface area contributed by atoms with Crippen molar-refractivity contribution in [1.29, 1.82) is 5.26 Å². The second-order valence-corrected chi connectivity index (χ2v) is 10.3. The molecule has 0 radical (unpaired) electrons. The lowest BCUT2D eigenvalue weighted by Crippen LogP contribution is -2.56. The van der Waals surface area contributed by atoms with E-state index in [2.05, 4.69) is 32.8 Å². The van der Waals surface area contributed by atoms with Crippen molar-refractivity contribution < 1.29 is 4.43 Å². The van der Waals surface area contributed by atoms with E-state index in [1.807, 2.05) is 6.92 Å². The molecule has 3 heteroatoms. The Morgan fingerprint density at radius 2 is 1.78 bits per heavy atom. The highest BCUT2D eigenvalue weighted by atomic mass is 28.4. The highest BCUT2D eigenvalue weighted by molar-refractivity contribution is 6.73. The van der Waals surface area contributed by atoms with Crippen LogP contribution in [0.5, 0.6) is 0 Å². The monoisotopic (exact) mass is 263 g/mol. The van der Waals surface area contributed by atoms with Crippen molar-refractivity contribution in [3.05, 3.63) is 0 Å². The quantitative estimate of drug-likeness (QED) is 0.534. The van der Waals surface area contributed by atoms with Crippen LogP contribution in [-0.2, 0) is 4.43 Å². The number of nitrogens with zero attached hydrogens (tertiary/aromatic N) is 1. The molecule has 1 aliphatic rings. The van der Waals surface area contributed by atoms with E-state index in [0.717, 1.165) is 37.4 Å². The van der Waals surface area contributed by atoms with E-state index in [-0.39, 0.29) is 0 Å². The molecule has 1 rings (SSSR count). The fourth-order valence-electron chi connectivity index (χ4n) is 2.89. The average molecular weight is 263 g/mol.